The quantitative estimate of drug-likeness (QED) is 0.462. The van der Waals surface area contributed by atoms with Gasteiger partial charge in [-0.3, -0.25) is 4.79 Å². The second kappa shape index (κ2) is 9.99. The highest BCUT2D eigenvalue weighted by Crippen LogP contribution is 2.26. The van der Waals surface area contributed by atoms with Crippen LogP contribution in [0.5, 0.6) is 5.75 Å². The van der Waals surface area contributed by atoms with Crippen molar-refractivity contribution in [3.05, 3.63) is 84.7 Å². The smallest absolute Gasteiger partial charge is 0.276 e. The standard InChI is InChI=1S/C27H28N6O2/c1-31-14-16-32(17-15-31)26-13-10-21(19-28-26)29-27(34)24-18-25(20-8-11-23(35-2)12-9-20)33(30-24)22-6-4-3-5-7-22/h3-13,18-19H,14-17H2,1-2H3,(H,29,34). The Kier molecular flexibility index (Phi) is 6.45. The van der Waals surface area contributed by atoms with E-state index < -0.39 is 0 Å². The number of nitrogens with zero attached hydrogens (tertiary/aromatic N) is 5. The van der Waals surface area contributed by atoms with Crippen LogP contribution in [-0.2, 0) is 0 Å². The van der Waals surface area contributed by atoms with Gasteiger partial charge < -0.3 is 19.9 Å². The van der Waals surface area contributed by atoms with Gasteiger partial charge in [0.2, 0.25) is 0 Å². The Morgan fingerprint density at radius 1 is 0.943 bits per heavy atom. The predicted octanol–water partition coefficient (Wildman–Crippen LogP) is 3.95. The highest BCUT2D eigenvalue weighted by molar-refractivity contribution is 6.03. The third-order valence-electron chi connectivity index (χ3n) is 6.16. The first-order valence-electron chi connectivity index (χ1n) is 11.6. The van der Waals surface area contributed by atoms with Crippen LogP contribution in [0, 0.1) is 0 Å². The van der Waals surface area contributed by atoms with Crippen molar-refractivity contribution in [2.75, 3.05) is 50.6 Å². The van der Waals surface area contributed by atoms with Crippen LogP contribution in [0.3, 0.4) is 0 Å². The molecule has 178 valence electrons. The minimum absolute atomic E-state index is 0.288. The Morgan fingerprint density at radius 2 is 1.69 bits per heavy atom. The van der Waals surface area contributed by atoms with Crippen LogP contribution in [0.2, 0.25) is 0 Å². The Hall–Kier alpha value is -4.17. The Morgan fingerprint density at radius 3 is 2.34 bits per heavy atom. The molecule has 1 aliphatic heterocycles. The number of anilines is 2. The summed E-state index contributed by atoms with van der Waals surface area (Å²) in [6.45, 7) is 3.92. The lowest BCUT2D eigenvalue weighted by Crippen LogP contribution is -2.44. The molecule has 0 bridgehead atoms. The van der Waals surface area contributed by atoms with Crippen molar-refractivity contribution in [3.8, 4) is 22.7 Å². The van der Waals surface area contributed by atoms with Gasteiger partial charge in [0.25, 0.3) is 5.91 Å². The number of nitrogens with one attached hydrogen (secondary N) is 1. The number of carbonyl (C=O) groups is 1. The summed E-state index contributed by atoms with van der Waals surface area (Å²) < 4.78 is 7.07. The number of carbonyl (C=O) groups excluding carboxylic acids is 1. The molecule has 4 aromatic rings. The van der Waals surface area contributed by atoms with Crippen LogP contribution in [-0.4, -0.2) is 65.9 Å². The van der Waals surface area contributed by atoms with Crippen LogP contribution in [0.25, 0.3) is 16.9 Å². The number of likely N-dealkylation sites (N-methyl/N-ethyl adjacent to an activating group) is 1. The highest BCUT2D eigenvalue weighted by atomic mass is 16.5. The van der Waals surface area contributed by atoms with E-state index in [-0.39, 0.29) is 5.91 Å². The van der Waals surface area contributed by atoms with E-state index in [1.807, 2.05) is 66.7 Å². The molecule has 0 atom stereocenters. The van der Waals surface area contributed by atoms with E-state index in [9.17, 15) is 4.79 Å². The third-order valence-corrected chi connectivity index (χ3v) is 6.16. The molecule has 3 heterocycles. The van der Waals surface area contributed by atoms with Crippen molar-refractivity contribution in [1.29, 1.82) is 0 Å². The average Bonchev–Trinajstić information content (AvgIpc) is 3.36. The van der Waals surface area contributed by atoms with E-state index in [1.165, 1.54) is 0 Å². The minimum Gasteiger partial charge on any atom is -0.497 e. The normalized spacial score (nSPS) is 14.1. The molecule has 0 spiro atoms. The van der Waals surface area contributed by atoms with Gasteiger partial charge in [-0.15, -0.1) is 0 Å². The summed E-state index contributed by atoms with van der Waals surface area (Å²) in [5.74, 6) is 1.40. The molecule has 1 saturated heterocycles. The Labute approximate surface area is 204 Å². The Balaban J connectivity index is 1.38. The van der Waals surface area contributed by atoms with E-state index in [0.29, 0.717) is 11.4 Å². The fourth-order valence-corrected chi connectivity index (χ4v) is 4.10. The molecule has 5 rings (SSSR count). The van der Waals surface area contributed by atoms with Crippen LogP contribution in [0.4, 0.5) is 11.5 Å². The number of benzene rings is 2. The lowest BCUT2D eigenvalue weighted by atomic mass is 10.1. The summed E-state index contributed by atoms with van der Waals surface area (Å²) in [5.41, 5.74) is 3.57. The molecule has 2 aromatic heterocycles. The number of methoxy groups -OCH3 is 1. The average molecular weight is 469 g/mol. The van der Waals surface area contributed by atoms with Gasteiger partial charge in [-0.1, -0.05) is 18.2 Å². The molecule has 35 heavy (non-hydrogen) atoms. The van der Waals surface area contributed by atoms with Gasteiger partial charge in [0.1, 0.15) is 11.6 Å². The van der Waals surface area contributed by atoms with Gasteiger partial charge in [0, 0.05) is 31.7 Å². The fraction of sp³-hybridized carbons (Fsp3) is 0.222. The molecule has 0 unspecified atom stereocenters. The monoisotopic (exact) mass is 468 g/mol. The molecule has 1 N–H and O–H groups in total. The molecule has 8 heteroatoms. The van der Waals surface area contributed by atoms with E-state index in [0.717, 1.165) is 54.7 Å². The zero-order chi connectivity index (χ0) is 24.2. The van der Waals surface area contributed by atoms with Crippen molar-refractivity contribution in [3.63, 3.8) is 0 Å². The van der Waals surface area contributed by atoms with Gasteiger partial charge >= 0.3 is 0 Å². The molecule has 2 aromatic carbocycles. The molecular formula is C27H28N6O2. The van der Waals surface area contributed by atoms with Gasteiger partial charge in [0.15, 0.2) is 5.69 Å². The SMILES string of the molecule is COc1ccc(-c2cc(C(=O)Nc3ccc(N4CCN(C)CC4)nc3)nn2-c2ccccc2)cc1. The summed E-state index contributed by atoms with van der Waals surface area (Å²) in [4.78, 5) is 22.2. The van der Waals surface area contributed by atoms with Gasteiger partial charge in [0.05, 0.1) is 30.4 Å². The lowest BCUT2D eigenvalue weighted by molar-refractivity contribution is 0.102. The first kappa shape index (κ1) is 22.6. The van der Waals surface area contributed by atoms with Crippen molar-refractivity contribution >= 4 is 17.4 Å². The fourth-order valence-electron chi connectivity index (χ4n) is 4.10. The molecule has 0 saturated carbocycles. The Bertz CT molecular complexity index is 1280. The largest absolute Gasteiger partial charge is 0.497 e. The number of piperazine rings is 1. The third kappa shape index (κ3) is 5.02. The molecule has 1 amide bonds. The summed E-state index contributed by atoms with van der Waals surface area (Å²) in [5, 5.41) is 7.57. The number of hydrogen-bond acceptors (Lipinski definition) is 6. The second-order valence-corrected chi connectivity index (χ2v) is 8.54. The van der Waals surface area contributed by atoms with Crippen molar-refractivity contribution in [1.82, 2.24) is 19.7 Å². The first-order chi connectivity index (χ1) is 17.1. The molecule has 0 radical (unpaired) electrons. The number of hydrogen-bond donors (Lipinski definition) is 1. The molecule has 1 aliphatic rings. The van der Waals surface area contributed by atoms with Crippen LogP contribution >= 0.6 is 0 Å². The summed E-state index contributed by atoms with van der Waals surface area (Å²) >= 11 is 0. The summed E-state index contributed by atoms with van der Waals surface area (Å²) in [6.07, 6.45) is 1.70. The zero-order valence-electron chi connectivity index (χ0n) is 19.9. The maximum atomic E-state index is 13.1. The maximum Gasteiger partial charge on any atom is 0.276 e. The number of ether oxygens (including phenoxy) is 1. The van der Waals surface area contributed by atoms with Crippen molar-refractivity contribution in [2.45, 2.75) is 0 Å². The van der Waals surface area contributed by atoms with Crippen molar-refractivity contribution < 1.29 is 9.53 Å². The van der Waals surface area contributed by atoms with E-state index in [1.54, 1.807) is 24.1 Å². The van der Waals surface area contributed by atoms with E-state index in [2.05, 4.69) is 32.2 Å². The highest BCUT2D eigenvalue weighted by Gasteiger charge is 2.18. The van der Waals surface area contributed by atoms with Gasteiger partial charge in [-0.2, -0.15) is 5.10 Å². The summed E-state index contributed by atoms with van der Waals surface area (Å²) in [7, 11) is 3.76. The number of para-hydroxylation sites is 1. The van der Waals surface area contributed by atoms with Crippen LogP contribution < -0.4 is 15.0 Å². The molecule has 0 aliphatic carbocycles. The maximum absolute atomic E-state index is 13.1. The van der Waals surface area contributed by atoms with Gasteiger partial charge in [-0.05, 0) is 61.6 Å². The number of aromatic nitrogens is 3. The molecule has 8 nitrogen and oxygen atoms in total. The van der Waals surface area contributed by atoms with Crippen molar-refractivity contribution in [2.24, 2.45) is 0 Å². The number of amides is 1. The predicted molar refractivity (Wildman–Crippen MR) is 137 cm³/mol. The minimum atomic E-state index is -0.288. The number of pyridine rings is 1. The number of rotatable bonds is 6. The molecule has 1 fully saturated rings. The summed E-state index contributed by atoms with van der Waals surface area (Å²) in [6, 6.07) is 23.1. The van der Waals surface area contributed by atoms with Gasteiger partial charge in [-0.25, -0.2) is 9.67 Å². The topological polar surface area (TPSA) is 75.5 Å². The second-order valence-electron chi connectivity index (χ2n) is 8.54. The lowest BCUT2D eigenvalue weighted by Gasteiger charge is -2.33. The molecular weight excluding hydrogens is 440 g/mol. The first-order valence-corrected chi connectivity index (χ1v) is 11.6. The van der Waals surface area contributed by atoms with Crippen LogP contribution in [0.1, 0.15) is 10.5 Å². The van der Waals surface area contributed by atoms with Crippen LogP contribution in [0.15, 0.2) is 79.0 Å². The van der Waals surface area contributed by atoms with E-state index in [4.69, 9.17) is 4.74 Å². The van der Waals surface area contributed by atoms with E-state index >= 15 is 0 Å². The zero-order valence-corrected chi connectivity index (χ0v) is 19.9.